The van der Waals surface area contributed by atoms with Crippen LogP contribution in [0.2, 0.25) is 0 Å². The van der Waals surface area contributed by atoms with Crippen LogP contribution in [0.4, 0.5) is 0 Å². The lowest BCUT2D eigenvalue weighted by Gasteiger charge is -2.12. The number of allylic oxidation sites excluding steroid dienone is 1. The highest BCUT2D eigenvalue weighted by atomic mass is 79.9. The zero-order valence-electron chi connectivity index (χ0n) is 8.19. The molecule has 0 aromatic carbocycles. The molecule has 0 fully saturated rings. The molecule has 0 aliphatic carbocycles. The summed E-state index contributed by atoms with van der Waals surface area (Å²) in [6, 6.07) is 0. The van der Waals surface area contributed by atoms with E-state index >= 15 is 0 Å². The number of nitrogens with one attached hydrogen (secondary N) is 1. The lowest BCUT2D eigenvalue weighted by molar-refractivity contribution is 0.268. The Bertz CT molecular complexity index is 492. The quantitative estimate of drug-likeness (QED) is 0.623. The minimum absolute atomic E-state index is 0.269. The fourth-order valence-corrected chi connectivity index (χ4v) is 1.76. The first-order valence-corrected chi connectivity index (χ1v) is 6.21. The zero-order chi connectivity index (χ0) is 12.3. The third kappa shape index (κ3) is 2.93. The molecule has 5 nitrogen and oxygen atoms in total. The molecule has 0 spiro atoms. The maximum absolute atomic E-state index is 11.5. The molecular weight excluding hydrogens is 344 g/mol. The van der Waals surface area contributed by atoms with Crippen LogP contribution in [0.1, 0.15) is 10.4 Å². The predicted molar refractivity (Wildman–Crippen MR) is 68.1 cm³/mol. The third-order valence-corrected chi connectivity index (χ3v) is 4.13. The summed E-state index contributed by atoms with van der Waals surface area (Å²) < 4.78 is 1.30. The average Bonchev–Trinajstić information content (AvgIpc) is 2.21. The van der Waals surface area contributed by atoms with Gasteiger partial charge in [0.2, 0.25) is 0 Å². The van der Waals surface area contributed by atoms with Crippen molar-refractivity contribution in [3.63, 3.8) is 0 Å². The number of aromatic amines is 1. The molecule has 0 saturated heterocycles. The number of halogens is 2. The number of aromatic nitrogens is 2. The van der Waals surface area contributed by atoms with E-state index in [1.807, 2.05) is 0 Å². The summed E-state index contributed by atoms with van der Waals surface area (Å²) in [6.07, 6.45) is 2.93. The molecule has 2 atom stereocenters. The second-order valence-electron chi connectivity index (χ2n) is 3.06. The van der Waals surface area contributed by atoms with Gasteiger partial charge < -0.3 is 5.11 Å². The number of H-pyrrole nitrogens is 1. The minimum atomic E-state index is -0.914. The highest BCUT2D eigenvalue weighted by Crippen LogP contribution is 2.26. The third-order valence-electron chi connectivity index (χ3n) is 1.90. The normalized spacial score (nSPS) is 14.4. The van der Waals surface area contributed by atoms with Gasteiger partial charge in [-0.05, 0) is 0 Å². The van der Waals surface area contributed by atoms with Crippen molar-refractivity contribution in [3.8, 4) is 0 Å². The molecule has 0 aliphatic rings. The number of alkyl halides is 2. The second kappa shape index (κ2) is 5.60. The first-order chi connectivity index (χ1) is 7.47. The minimum Gasteiger partial charge on any atom is -0.380 e. The summed E-state index contributed by atoms with van der Waals surface area (Å²) in [7, 11) is 0. The van der Waals surface area contributed by atoms with Crippen LogP contribution < -0.4 is 11.2 Å². The van der Waals surface area contributed by atoms with Crippen molar-refractivity contribution >= 4 is 31.9 Å². The van der Waals surface area contributed by atoms with E-state index in [4.69, 9.17) is 0 Å². The van der Waals surface area contributed by atoms with Gasteiger partial charge in [0.25, 0.3) is 5.56 Å². The number of hydrogen-bond acceptors (Lipinski definition) is 3. The van der Waals surface area contributed by atoms with Gasteiger partial charge in [-0.15, -0.1) is 6.58 Å². The van der Waals surface area contributed by atoms with Crippen LogP contribution in [0.3, 0.4) is 0 Å². The molecule has 16 heavy (non-hydrogen) atoms. The Morgan fingerprint density at radius 3 is 2.69 bits per heavy atom. The van der Waals surface area contributed by atoms with Gasteiger partial charge in [0.1, 0.15) is 5.01 Å². The first-order valence-electron chi connectivity index (χ1n) is 4.38. The van der Waals surface area contributed by atoms with Crippen molar-refractivity contribution in [2.45, 2.75) is 16.4 Å². The zero-order valence-corrected chi connectivity index (χ0v) is 11.4. The van der Waals surface area contributed by atoms with Crippen LogP contribution in [0.5, 0.6) is 0 Å². The van der Waals surface area contributed by atoms with Crippen molar-refractivity contribution in [2.24, 2.45) is 0 Å². The fourth-order valence-electron chi connectivity index (χ4n) is 1.15. The van der Waals surface area contributed by atoms with Crippen molar-refractivity contribution in [1.82, 2.24) is 9.55 Å². The van der Waals surface area contributed by atoms with Crippen LogP contribution in [0.25, 0.3) is 0 Å². The highest BCUT2D eigenvalue weighted by molar-refractivity contribution is 9.12. The number of rotatable bonds is 4. The Morgan fingerprint density at radius 1 is 1.56 bits per heavy atom. The monoisotopic (exact) mass is 352 g/mol. The molecule has 0 bridgehead atoms. The van der Waals surface area contributed by atoms with Crippen molar-refractivity contribution in [1.29, 1.82) is 0 Å². The van der Waals surface area contributed by atoms with E-state index in [0.717, 1.165) is 0 Å². The van der Waals surface area contributed by atoms with Gasteiger partial charge in [-0.1, -0.05) is 37.9 Å². The summed E-state index contributed by atoms with van der Waals surface area (Å²) >= 11 is 6.09. The SMILES string of the molecule is C=CCn1cc(C(Br)C(O)Br)c(=O)[nH]c1=O. The van der Waals surface area contributed by atoms with E-state index < -0.39 is 21.1 Å². The molecule has 2 unspecified atom stereocenters. The number of aliphatic hydroxyl groups is 1. The van der Waals surface area contributed by atoms with Crippen LogP contribution in [-0.4, -0.2) is 19.7 Å². The molecule has 0 amide bonds. The van der Waals surface area contributed by atoms with E-state index in [0.29, 0.717) is 6.54 Å². The van der Waals surface area contributed by atoms with Crippen LogP contribution in [0, 0.1) is 0 Å². The van der Waals surface area contributed by atoms with Gasteiger partial charge in [-0.25, -0.2) is 4.79 Å². The molecule has 0 saturated carbocycles. The summed E-state index contributed by atoms with van der Waals surface area (Å²) in [4.78, 5) is 24.4. The molecule has 1 aromatic heterocycles. The van der Waals surface area contributed by atoms with E-state index in [1.165, 1.54) is 16.8 Å². The molecule has 1 aromatic rings. The highest BCUT2D eigenvalue weighted by Gasteiger charge is 2.19. The number of aliphatic hydroxyl groups excluding tert-OH is 1. The maximum Gasteiger partial charge on any atom is 0.328 e. The summed E-state index contributed by atoms with van der Waals surface area (Å²) in [6.45, 7) is 3.80. The van der Waals surface area contributed by atoms with Gasteiger partial charge in [-0.2, -0.15) is 0 Å². The molecule has 1 heterocycles. The molecule has 88 valence electrons. The Labute approximate surface area is 108 Å². The predicted octanol–water partition coefficient (Wildman–Crippen LogP) is 0.872. The van der Waals surface area contributed by atoms with E-state index in [1.54, 1.807) is 0 Å². The van der Waals surface area contributed by atoms with Crippen molar-refractivity contribution < 1.29 is 5.11 Å². The van der Waals surface area contributed by atoms with E-state index in [2.05, 4.69) is 43.4 Å². The maximum atomic E-state index is 11.5. The topological polar surface area (TPSA) is 75.1 Å². The van der Waals surface area contributed by atoms with Crippen LogP contribution in [0.15, 0.2) is 28.4 Å². The smallest absolute Gasteiger partial charge is 0.328 e. The first kappa shape index (κ1) is 13.4. The Balaban J connectivity index is 3.30. The molecule has 0 radical (unpaired) electrons. The van der Waals surface area contributed by atoms with Gasteiger partial charge in [-0.3, -0.25) is 14.3 Å². The summed E-state index contributed by atoms with van der Waals surface area (Å²) in [5.74, 6) is 0. The number of nitrogens with zero attached hydrogens (tertiary/aromatic N) is 1. The molecular formula is C9H10Br2N2O3. The summed E-state index contributed by atoms with van der Waals surface area (Å²) in [5, 5.41) is 8.38. The largest absolute Gasteiger partial charge is 0.380 e. The lowest BCUT2D eigenvalue weighted by Crippen LogP contribution is -2.32. The molecule has 0 aliphatic heterocycles. The lowest BCUT2D eigenvalue weighted by atomic mass is 10.2. The Hall–Kier alpha value is -0.660. The number of hydrogen-bond donors (Lipinski definition) is 2. The average molecular weight is 354 g/mol. The van der Waals surface area contributed by atoms with Gasteiger partial charge in [0, 0.05) is 12.7 Å². The second-order valence-corrected chi connectivity index (χ2v) is 4.98. The van der Waals surface area contributed by atoms with Gasteiger partial charge in [0.05, 0.1) is 10.4 Å². The van der Waals surface area contributed by atoms with E-state index in [9.17, 15) is 14.7 Å². The standard InChI is InChI=1S/C9H10Br2N2O3/c1-2-3-13-4-5(6(10)7(11)14)8(15)12-9(13)16/h2,4,6-7,14H,1,3H2,(H,12,15,16). The Morgan fingerprint density at radius 2 is 2.19 bits per heavy atom. The van der Waals surface area contributed by atoms with Gasteiger partial charge >= 0.3 is 5.69 Å². The Kier molecular flexibility index (Phi) is 4.69. The van der Waals surface area contributed by atoms with Crippen molar-refractivity contribution in [2.75, 3.05) is 0 Å². The van der Waals surface area contributed by atoms with Crippen molar-refractivity contribution in [3.05, 3.63) is 45.3 Å². The molecule has 1 rings (SSSR count). The van der Waals surface area contributed by atoms with Gasteiger partial charge in [0.15, 0.2) is 0 Å². The van der Waals surface area contributed by atoms with Crippen LogP contribution >= 0.6 is 31.9 Å². The van der Waals surface area contributed by atoms with E-state index in [-0.39, 0.29) is 5.56 Å². The van der Waals surface area contributed by atoms with Crippen LogP contribution in [-0.2, 0) is 6.54 Å². The molecule has 7 heteroatoms. The summed E-state index contributed by atoms with van der Waals surface area (Å²) in [5.41, 5.74) is -0.756. The molecule has 2 N–H and O–H groups in total. The fraction of sp³-hybridized carbons (Fsp3) is 0.333.